The Hall–Kier alpha value is -2.84. The van der Waals surface area contributed by atoms with E-state index >= 15 is 0 Å². The predicted molar refractivity (Wildman–Crippen MR) is 123 cm³/mol. The molecule has 0 atom stereocenters. The number of halogens is 1. The highest BCUT2D eigenvalue weighted by atomic mass is 79.9. The van der Waals surface area contributed by atoms with E-state index in [1.54, 1.807) is 11.0 Å². The molecule has 6 nitrogen and oxygen atoms in total. The van der Waals surface area contributed by atoms with Crippen LogP contribution in [0.1, 0.15) is 12.5 Å². The van der Waals surface area contributed by atoms with Gasteiger partial charge >= 0.3 is 0 Å². The van der Waals surface area contributed by atoms with Gasteiger partial charge in [-0.1, -0.05) is 36.0 Å². The lowest BCUT2D eigenvalue weighted by Crippen LogP contribution is -2.37. The van der Waals surface area contributed by atoms with E-state index in [1.807, 2.05) is 60.9 Å². The number of benzene rings is 2. The third-order valence-electron chi connectivity index (χ3n) is 4.40. The molecule has 2 aromatic rings. The zero-order valence-corrected chi connectivity index (χ0v) is 18.5. The van der Waals surface area contributed by atoms with E-state index in [0.29, 0.717) is 24.1 Å². The van der Waals surface area contributed by atoms with Crippen LogP contribution in [0.25, 0.3) is 6.08 Å². The molecule has 1 amide bonds. The first-order chi connectivity index (χ1) is 14.5. The highest BCUT2D eigenvalue weighted by molar-refractivity contribution is 9.10. The molecule has 0 spiro atoms. The SMILES string of the molecule is CC1=CSC2=NC(=O)C(=Cc3ccc(OCCOc4ccccc4)c(Br)c3)C(=N)N12. The van der Waals surface area contributed by atoms with Crippen LogP contribution >= 0.6 is 27.7 Å². The lowest BCUT2D eigenvalue weighted by Gasteiger charge is -2.25. The molecule has 0 bridgehead atoms. The monoisotopic (exact) mass is 483 g/mol. The highest BCUT2D eigenvalue weighted by Gasteiger charge is 2.33. The topological polar surface area (TPSA) is 75.0 Å². The summed E-state index contributed by atoms with van der Waals surface area (Å²) in [6, 6.07) is 15.1. The van der Waals surface area contributed by atoms with Crippen molar-refractivity contribution in [1.82, 2.24) is 4.90 Å². The van der Waals surface area contributed by atoms with Crippen molar-refractivity contribution in [2.45, 2.75) is 6.92 Å². The lowest BCUT2D eigenvalue weighted by molar-refractivity contribution is -0.114. The number of carbonyl (C=O) groups is 1. The zero-order chi connectivity index (χ0) is 21.1. The lowest BCUT2D eigenvalue weighted by atomic mass is 10.1. The third-order valence-corrected chi connectivity index (χ3v) is 5.97. The van der Waals surface area contributed by atoms with E-state index in [4.69, 9.17) is 14.9 Å². The average Bonchev–Trinajstić information content (AvgIpc) is 3.11. The van der Waals surface area contributed by atoms with E-state index in [1.165, 1.54) is 11.8 Å². The molecule has 152 valence electrons. The smallest absolute Gasteiger partial charge is 0.283 e. The number of para-hydroxylation sites is 1. The third kappa shape index (κ3) is 4.34. The van der Waals surface area contributed by atoms with Crippen LogP contribution in [-0.4, -0.2) is 35.0 Å². The number of allylic oxidation sites excluding steroid dienone is 1. The van der Waals surface area contributed by atoms with Crippen LogP contribution in [0.15, 0.2) is 74.7 Å². The molecule has 30 heavy (non-hydrogen) atoms. The zero-order valence-electron chi connectivity index (χ0n) is 16.1. The molecule has 2 aromatic carbocycles. The van der Waals surface area contributed by atoms with Gasteiger partial charge < -0.3 is 9.47 Å². The number of aliphatic imine (C=N–C) groups is 1. The summed E-state index contributed by atoms with van der Waals surface area (Å²) in [6.45, 7) is 2.71. The summed E-state index contributed by atoms with van der Waals surface area (Å²) in [5.74, 6) is 1.21. The number of amides is 1. The summed E-state index contributed by atoms with van der Waals surface area (Å²) >= 11 is 4.86. The summed E-state index contributed by atoms with van der Waals surface area (Å²) in [7, 11) is 0. The van der Waals surface area contributed by atoms with Crippen molar-refractivity contribution in [3.8, 4) is 11.5 Å². The van der Waals surface area contributed by atoms with Crippen LogP contribution in [0, 0.1) is 5.41 Å². The van der Waals surface area contributed by atoms with Crippen molar-refractivity contribution in [3.63, 3.8) is 0 Å². The van der Waals surface area contributed by atoms with Gasteiger partial charge in [0, 0.05) is 5.70 Å². The number of fused-ring (bicyclic) bond motifs is 1. The van der Waals surface area contributed by atoms with E-state index in [-0.39, 0.29) is 11.4 Å². The Labute approximate surface area is 186 Å². The number of amidine groups is 2. The van der Waals surface area contributed by atoms with Crippen LogP contribution in [0.5, 0.6) is 11.5 Å². The van der Waals surface area contributed by atoms with Crippen LogP contribution < -0.4 is 9.47 Å². The molecule has 0 saturated carbocycles. The fraction of sp³-hybridized carbons (Fsp3) is 0.136. The molecule has 0 fully saturated rings. The van der Waals surface area contributed by atoms with E-state index in [9.17, 15) is 4.79 Å². The molecule has 2 heterocycles. The Morgan fingerprint density at radius 2 is 1.93 bits per heavy atom. The molecule has 2 aliphatic heterocycles. The largest absolute Gasteiger partial charge is 0.490 e. The van der Waals surface area contributed by atoms with Crippen molar-refractivity contribution in [1.29, 1.82) is 5.41 Å². The Morgan fingerprint density at radius 1 is 1.17 bits per heavy atom. The Kier molecular flexibility index (Phi) is 6.06. The van der Waals surface area contributed by atoms with Gasteiger partial charge in [0.05, 0.1) is 10.0 Å². The quantitative estimate of drug-likeness (QED) is 0.458. The van der Waals surface area contributed by atoms with Crippen LogP contribution in [-0.2, 0) is 4.79 Å². The van der Waals surface area contributed by atoms with Crippen LogP contribution in [0.2, 0.25) is 0 Å². The number of thioether (sulfide) groups is 1. The van der Waals surface area contributed by atoms with Gasteiger partial charge in [0.2, 0.25) is 0 Å². The highest BCUT2D eigenvalue weighted by Crippen LogP contribution is 2.32. The minimum absolute atomic E-state index is 0.137. The maximum Gasteiger partial charge on any atom is 0.283 e. The average molecular weight is 484 g/mol. The second-order valence-electron chi connectivity index (χ2n) is 6.52. The second-order valence-corrected chi connectivity index (χ2v) is 8.21. The fourth-order valence-corrected chi connectivity index (χ4v) is 4.33. The fourth-order valence-electron chi connectivity index (χ4n) is 2.96. The summed E-state index contributed by atoms with van der Waals surface area (Å²) in [5.41, 5.74) is 1.91. The van der Waals surface area contributed by atoms with Gasteiger partial charge in [-0.25, -0.2) is 0 Å². The van der Waals surface area contributed by atoms with Crippen molar-refractivity contribution >= 4 is 50.7 Å². The van der Waals surface area contributed by atoms with Crippen molar-refractivity contribution < 1.29 is 14.3 Å². The van der Waals surface area contributed by atoms with Crippen LogP contribution in [0.3, 0.4) is 0 Å². The van der Waals surface area contributed by atoms with E-state index in [2.05, 4.69) is 20.9 Å². The summed E-state index contributed by atoms with van der Waals surface area (Å²) < 4.78 is 12.2. The molecule has 0 saturated heterocycles. The molecule has 1 N–H and O–H groups in total. The summed E-state index contributed by atoms with van der Waals surface area (Å²) in [4.78, 5) is 18.2. The molecule has 2 aliphatic rings. The molecular weight excluding hydrogens is 466 g/mol. The van der Waals surface area contributed by atoms with Gasteiger partial charge in [-0.2, -0.15) is 4.99 Å². The van der Waals surface area contributed by atoms with Gasteiger partial charge in [-0.3, -0.25) is 15.1 Å². The maximum absolute atomic E-state index is 12.4. The van der Waals surface area contributed by atoms with E-state index in [0.717, 1.165) is 21.5 Å². The Morgan fingerprint density at radius 3 is 2.70 bits per heavy atom. The molecule has 0 radical (unpaired) electrons. The molecule has 0 aromatic heterocycles. The number of nitrogens with zero attached hydrogens (tertiary/aromatic N) is 2. The minimum atomic E-state index is -0.406. The van der Waals surface area contributed by atoms with Gasteiger partial charge in [-0.05, 0) is 64.2 Å². The Balaban J connectivity index is 1.42. The molecular formula is C22H18BrN3O3S. The molecule has 0 aliphatic carbocycles. The first-order valence-electron chi connectivity index (χ1n) is 9.20. The standard InChI is InChI=1S/C22H18BrN3O3S/c1-14-13-30-22-25-21(27)17(20(24)26(14)22)11-15-7-8-19(18(23)12-15)29-10-9-28-16-5-3-2-4-6-16/h2-8,11-13,24H,9-10H2,1H3. The van der Waals surface area contributed by atoms with Gasteiger partial charge in [0.1, 0.15) is 30.5 Å². The van der Waals surface area contributed by atoms with Gasteiger partial charge in [0.15, 0.2) is 5.17 Å². The second kappa shape index (κ2) is 8.89. The van der Waals surface area contributed by atoms with Gasteiger partial charge in [-0.15, -0.1) is 0 Å². The number of hydrogen-bond donors (Lipinski definition) is 1. The number of ether oxygens (including phenoxy) is 2. The number of nitrogens with one attached hydrogen (secondary N) is 1. The maximum atomic E-state index is 12.4. The van der Waals surface area contributed by atoms with Crippen molar-refractivity contribution in [3.05, 3.63) is 75.2 Å². The number of rotatable bonds is 6. The predicted octanol–water partition coefficient (Wildman–Crippen LogP) is 5.07. The van der Waals surface area contributed by atoms with Crippen LogP contribution in [0.4, 0.5) is 0 Å². The first-order valence-corrected chi connectivity index (χ1v) is 10.9. The van der Waals surface area contributed by atoms with Gasteiger partial charge in [0.25, 0.3) is 5.91 Å². The number of hydrogen-bond acceptors (Lipinski definition) is 5. The Bertz CT molecular complexity index is 1100. The number of carbonyl (C=O) groups excluding carboxylic acids is 1. The normalized spacial score (nSPS) is 17.0. The summed E-state index contributed by atoms with van der Waals surface area (Å²) in [6.07, 6.45) is 1.67. The summed E-state index contributed by atoms with van der Waals surface area (Å²) in [5, 5.41) is 10.8. The minimum Gasteiger partial charge on any atom is -0.490 e. The first kappa shape index (κ1) is 20.4. The molecule has 8 heteroatoms. The molecule has 0 unspecified atom stereocenters. The van der Waals surface area contributed by atoms with Crippen molar-refractivity contribution in [2.24, 2.45) is 4.99 Å². The van der Waals surface area contributed by atoms with E-state index < -0.39 is 5.91 Å². The molecule has 4 rings (SSSR count). The van der Waals surface area contributed by atoms with Crippen molar-refractivity contribution in [2.75, 3.05) is 13.2 Å².